The van der Waals surface area contributed by atoms with E-state index < -0.39 is 0 Å². The zero-order valence-electron chi connectivity index (χ0n) is 16.8. The van der Waals surface area contributed by atoms with Gasteiger partial charge in [0.25, 0.3) is 5.91 Å². The second kappa shape index (κ2) is 8.74. The lowest BCUT2D eigenvalue weighted by Crippen LogP contribution is -2.35. The van der Waals surface area contributed by atoms with Crippen LogP contribution >= 0.6 is 0 Å². The van der Waals surface area contributed by atoms with Crippen LogP contribution in [0.5, 0.6) is 0 Å². The summed E-state index contributed by atoms with van der Waals surface area (Å²) in [6.07, 6.45) is 3.11. The molecule has 29 heavy (non-hydrogen) atoms. The predicted octanol–water partition coefficient (Wildman–Crippen LogP) is 3.71. The van der Waals surface area contributed by atoms with Crippen molar-refractivity contribution in [1.82, 2.24) is 20.0 Å². The van der Waals surface area contributed by atoms with Crippen molar-refractivity contribution in [3.63, 3.8) is 0 Å². The lowest BCUT2D eigenvalue weighted by Gasteiger charge is -2.32. The van der Waals surface area contributed by atoms with Gasteiger partial charge in [0.15, 0.2) is 0 Å². The second-order valence-corrected chi connectivity index (χ2v) is 7.77. The number of carbonyl (C=O) groups is 1. The zero-order chi connectivity index (χ0) is 20.2. The third kappa shape index (κ3) is 4.48. The minimum Gasteiger partial charge on any atom is -0.351 e. The monoisotopic (exact) mass is 394 g/mol. The molecule has 0 bridgehead atoms. The van der Waals surface area contributed by atoms with E-state index in [0.717, 1.165) is 49.8 Å². The molecule has 0 spiro atoms. The molecule has 1 amide bonds. The quantitative estimate of drug-likeness (QED) is 0.649. The van der Waals surface area contributed by atoms with E-state index in [1.165, 1.54) is 5.56 Å². The molecule has 1 saturated heterocycles. The first-order chi connectivity index (χ1) is 14.1. The topological polar surface area (TPSA) is 50.2 Å². The maximum absolute atomic E-state index is 13.1. The molecule has 1 aromatic heterocycles. The van der Waals surface area contributed by atoms with Gasteiger partial charge in [0.2, 0.25) is 0 Å². The van der Waals surface area contributed by atoms with Crippen LogP contribution in [0.15, 0.2) is 48.5 Å². The van der Waals surface area contributed by atoms with E-state index in [0.29, 0.717) is 18.2 Å². The number of fused-ring (bicyclic) bond motifs is 1. The van der Waals surface area contributed by atoms with Crippen LogP contribution < -0.4 is 5.32 Å². The SMILES string of the molecule is Cn1nc2ccccc2c1C(=O)NCCCN1CCC(c2ccc(F)cc2)CC1. The van der Waals surface area contributed by atoms with Gasteiger partial charge in [-0.05, 0) is 68.6 Å². The smallest absolute Gasteiger partial charge is 0.270 e. The summed E-state index contributed by atoms with van der Waals surface area (Å²) in [4.78, 5) is 15.1. The fraction of sp³-hybridized carbons (Fsp3) is 0.391. The maximum Gasteiger partial charge on any atom is 0.270 e. The molecule has 152 valence electrons. The molecule has 1 N–H and O–H groups in total. The highest BCUT2D eigenvalue weighted by Gasteiger charge is 2.20. The Bertz CT molecular complexity index is 974. The normalized spacial score (nSPS) is 15.7. The molecule has 5 nitrogen and oxygen atoms in total. The maximum atomic E-state index is 13.1. The Labute approximate surface area is 170 Å². The lowest BCUT2D eigenvalue weighted by atomic mass is 9.89. The number of benzene rings is 2. The molecule has 4 rings (SSSR count). The van der Waals surface area contributed by atoms with E-state index in [-0.39, 0.29) is 11.7 Å². The fourth-order valence-corrected chi connectivity index (χ4v) is 4.23. The number of piperidine rings is 1. The van der Waals surface area contributed by atoms with Gasteiger partial charge >= 0.3 is 0 Å². The number of likely N-dealkylation sites (tertiary alicyclic amines) is 1. The largest absolute Gasteiger partial charge is 0.351 e. The van der Waals surface area contributed by atoms with Crippen LogP contribution in [0.2, 0.25) is 0 Å². The number of carbonyl (C=O) groups excluding carboxylic acids is 1. The molecule has 0 aliphatic carbocycles. The van der Waals surface area contributed by atoms with Crippen LogP contribution in [-0.2, 0) is 7.05 Å². The molecule has 1 aliphatic heterocycles. The van der Waals surface area contributed by atoms with Crippen LogP contribution in [-0.4, -0.2) is 46.8 Å². The number of rotatable bonds is 6. The Morgan fingerprint density at radius 2 is 1.86 bits per heavy atom. The van der Waals surface area contributed by atoms with Crippen LogP contribution in [0.4, 0.5) is 4.39 Å². The average Bonchev–Trinajstić information content (AvgIpc) is 3.08. The van der Waals surface area contributed by atoms with Crippen molar-refractivity contribution in [2.75, 3.05) is 26.2 Å². The summed E-state index contributed by atoms with van der Waals surface area (Å²) in [5.74, 6) is 0.272. The van der Waals surface area contributed by atoms with E-state index in [4.69, 9.17) is 0 Å². The molecule has 0 unspecified atom stereocenters. The summed E-state index contributed by atoms with van der Waals surface area (Å²) in [5.41, 5.74) is 2.69. The van der Waals surface area contributed by atoms with Crippen LogP contribution in [0.1, 0.15) is 41.2 Å². The second-order valence-electron chi connectivity index (χ2n) is 7.77. The van der Waals surface area contributed by atoms with Gasteiger partial charge < -0.3 is 10.2 Å². The van der Waals surface area contributed by atoms with Crippen molar-refractivity contribution in [1.29, 1.82) is 0 Å². The summed E-state index contributed by atoms with van der Waals surface area (Å²) in [7, 11) is 1.81. The number of amides is 1. The highest BCUT2D eigenvalue weighted by atomic mass is 19.1. The van der Waals surface area contributed by atoms with Gasteiger partial charge in [0.05, 0.1) is 5.52 Å². The van der Waals surface area contributed by atoms with Crippen molar-refractivity contribution >= 4 is 16.8 Å². The molecule has 6 heteroatoms. The van der Waals surface area contributed by atoms with Gasteiger partial charge in [-0.25, -0.2) is 4.39 Å². The van der Waals surface area contributed by atoms with Gasteiger partial charge in [-0.15, -0.1) is 0 Å². The summed E-state index contributed by atoms with van der Waals surface area (Å²) >= 11 is 0. The molecular weight excluding hydrogens is 367 g/mol. The number of aromatic nitrogens is 2. The van der Waals surface area contributed by atoms with Crippen molar-refractivity contribution in [3.8, 4) is 0 Å². The summed E-state index contributed by atoms with van der Waals surface area (Å²) in [5, 5.41) is 8.32. The van der Waals surface area contributed by atoms with Crippen molar-refractivity contribution in [2.45, 2.75) is 25.2 Å². The third-order valence-corrected chi connectivity index (χ3v) is 5.82. The number of nitrogens with zero attached hydrogens (tertiary/aromatic N) is 3. The Morgan fingerprint density at radius 3 is 2.62 bits per heavy atom. The highest BCUT2D eigenvalue weighted by molar-refractivity contribution is 6.04. The third-order valence-electron chi connectivity index (χ3n) is 5.82. The molecule has 1 fully saturated rings. The minimum absolute atomic E-state index is 0.0729. The van der Waals surface area contributed by atoms with Crippen molar-refractivity contribution in [3.05, 3.63) is 65.6 Å². The highest BCUT2D eigenvalue weighted by Crippen LogP contribution is 2.28. The Morgan fingerprint density at radius 1 is 1.14 bits per heavy atom. The van der Waals surface area contributed by atoms with Crippen molar-refractivity contribution in [2.24, 2.45) is 7.05 Å². The van der Waals surface area contributed by atoms with Gasteiger partial charge in [-0.1, -0.05) is 30.3 Å². The van der Waals surface area contributed by atoms with Gasteiger partial charge in [0.1, 0.15) is 11.5 Å². The summed E-state index contributed by atoms with van der Waals surface area (Å²) in [6.45, 7) is 3.71. The van der Waals surface area contributed by atoms with Crippen LogP contribution in [0, 0.1) is 5.82 Å². The Balaban J connectivity index is 1.21. The first kappa shape index (κ1) is 19.6. The number of hydrogen-bond donors (Lipinski definition) is 1. The van der Waals surface area contributed by atoms with E-state index >= 15 is 0 Å². The number of nitrogens with one attached hydrogen (secondary N) is 1. The number of aryl methyl sites for hydroxylation is 1. The van der Waals surface area contributed by atoms with Gasteiger partial charge in [-0.3, -0.25) is 9.48 Å². The predicted molar refractivity (Wildman–Crippen MR) is 112 cm³/mol. The molecule has 0 radical (unpaired) electrons. The summed E-state index contributed by atoms with van der Waals surface area (Å²) < 4.78 is 14.7. The molecule has 1 aliphatic rings. The Kier molecular flexibility index (Phi) is 5.90. The van der Waals surface area contributed by atoms with E-state index in [1.54, 1.807) is 23.9 Å². The van der Waals surface area contributed by atoms with E-state index in [9.17, 15) is 9.18 Å². The van der Waals surface area contributed by atoms with E-state index in [1.807, 2.05) is 36.4 Å². The number of halogens is 1. The molecule has 2 heterocycles. The zero-order valence-corrected chi connectivity index (χ0v) is 16.8. The van der Waals surface area contributed by atoms with Crippen molar-refractivity contribution < 1.29 is 9.18 Å². The minimum atomic E-state index is -0.174. The fourth-order valence-electron chi connectivity index (χ4n) is 4.23. The molecule has 0 atom stereocenters. The van der Waals surface area contributed by atoms with Gasteiger partial charge in [-0.2, -0.15) is 5.10 Å². The average molecular weight is 394 g/mol. The molecule has 2 aromatic carbocycles. The standard InChI is InChI=1S/C23H27FN4O/c1-27-22(20-5-2-3-6-21(20)26-27)23(29)25-13-4-14-28-15-11-18(12-16-28)17-7-9-19(24)10-8-17/h2-3,5-10,18H,4,11-16H2,1H3,(H,25,29). The lowest BCUT2D eigenvalue weighted by molar-refractivity contribution is 0.0943. The molecular formula is C23H27FN4O. The van der Waals surface area contributed by atoms with Crippen LogP contribution in [0.25, 0.3) is 10.9 Å². The number of hydrogen-bond acceptors (Lipinski definition) is 3. The Hall–Kier alpha value is -2.73. The first-order valence-corrected chi connectivity index (χ1v) is 10.3. The van der Waals surface area contributed by atoms with Crippen LogP contribution in [0.3, 0.4) is 0 Å². The summed E-state index contributed by atoms with van der Waals surface area (Å²) in [6, 6.07) is 14.6. The first-order valence-electron chi connectivity index (χ1n) is 10.3. The van der Waals surface area contributed by atoms with E-state index in [2.05, 4.69) is 15.3 Å². The molecule has 0 saturated carbocycles. The molecule has 3 aromatic rings. The van der Waals surface area contributed by atoms with Gasteiger partial charge in [0, 0.05) is 19.0 Å².